The number of rotatable bonds is 7. The Morgan fingerprint density at radius 1 is 1.28 bits per heavy atom. The van der Waals surface area contributed by atoms with E-state index in [-0.39, 0.29) is 5.75 Å². The molecule has 1 aromatic heterocycles. The summed E-state index contributed by atoms with van der Waals surface area (Å²) >= 11 is 1.29. The highest BCUT2D eigenvalue weighted by molar-refractivity contribution is 7.15. The smallest absolute Gasteiger partial charge is 0.416 e. The van der Waals surface area contributed by atoms with Gasteiger partial charge >= 0.3 is 6.18 Å². The van der Waals surface area contributed by atoms with Gasteiger partial charge < -0.3 is 4.74 Å². The van der Waals surface area contributed by atoms with Crippen molar-refractivity contribution in [3.05, 3.63) is 34.8 Å². The van der Waals surface area contributed by atoms with Gasteiger partial charge in [-0.25, -0.2) is 0 Å². The number of halogens is 3. The van der Waals surface area contributed by atoms with E-state index in [9.17, 15) is 18.0 Å². The minimum Gasteiger partial charge on any atom is -0.484 e. The summed E-state index contributed by atoms with van der Waals surface area (Å²) in [7, 11) is 0. The molecule has 0 saturated carbocycles. The van der Waals surface area contributed by atoms with Crippen LogP contribution in [0.15, 0.2) is 24.3 Å². The number of carbonyl (C=O) groups is 1. The van der Waals surface area contributed by atoms with Crippen molar-refractivity contribution in [2.24, 2.45) is 0 Å². The zero-order valence-corrected chi connectivity index (χ0v) is 14.6. The molecule has 25 heavy (non-hydrogen) atoms. The second kappa shape index (κ2) is 8.28. The Balaban J connectivity index is 1.91. The lowest BCUT2D eigenvalue weighted by molar-refractivity contribution is -0.137. The van der Waals surface area contributed by atoms with Gasteiger partial charge in [-0.3, -0.25) is 10.1 Å². The van der Waals surface area contributed by atoms with Gasteiger partial charge in [-0.15, -0.1) is 10.2 Å². The summed E-state index contributed by atoms with van der Waals surface area (Å²) in [5, 5.41) is 11.7. The Bertz CT molecular complexity index is 715. The standard InChI is InChI=1S/C16H18F3N3O2S/c1-3-10(4-2)14-21-22-15(25-14)20-13(23)9-24-12-7-5-6-11(8-12)16(17,18)19/h5-8,10H,3-4,9H2,1-2H3,(H,20,22,23). The molecular weight excluding hydrogens is 355 g/mol. The van der Waals surface area contributed by atoms with Crippen molar-refractivity contribution in [3.8, 4) is 5.75 Å². The third-order valence-electron chi connectivity index (χ3n) is 3.55. The molecule has 1 aromatic carbocycles. The van der Waals surface area contributed by atoms with Crippen molar-refractivity contribution in [2.75, 3.05) is 11.9 Å². The molecule has 0 aliphatic rings. The number of ether oxygens (including phenoxy) is 1. The van der Waals surface area contributed by atoms with E-state index in [2.05, 4.69) is 29.4 Å². The molecule has 0 saturated heterocycles. The van der Waals surface area contributed by atoms with Gasteiger partial charge in [0.2, 0.25) is 5.13 Å². The van der Waals surface area contributed by atoms with Gasteiger partial charge in [0.05, 0.1) is 5.56 Å². The number of nitrogens with zero attached hydrogens (tertiary/aromatic N) is 2. The minimum atomic E-state index is -4.46. The topological polar surface area (TPSA) is 64.1 Å². The van der Waals surface area contributed by atoms with E-state index >= 15 is 0 Å². The van der Waals surface area contributed by atoms with E-state index in [1.807, 2.05) is 0 Å². The molecular formula is C16H18F3N3O2S. The van der Waals surface area contributed by atoms with Gasteiger partial charge in [0.25, 0.3) is 5.91 Å². The molecule has 0 aliphatic heterocycles. The number of carbonyl (C=O) groups excluding carboxylic acids is 1. The van der Waals surface area contributed by atoms with E-state index in [4.69, 9.17) is 4.74 Å². The molecule has 0 spiro atoms. The fraction of sp³-hybridized carbons (Fsp3) is 0.438. The lowest BCUT2D eigenvalue weighted by Gasteiger charge is -2.09. The highest BCUT2D eigenvalue weighted by Crippen LogP contribution is 2.31. The molecule has 2 rings (SSSR count). The average Bonchev–Trinajstić information content (AvgIpc) is 3.02. The first-order chi connectivity index (χ1) is 11.8. The van der Waals surface area contributed by atoms with Crippen molar-refractivity contribution in [3.63, 3.8) is 0 Å². The van der Waals surface area contributed by atoms with Crippen LogP contribution in [-0.2, 0) is 11.0 Å². The molecule has 0 fully saturated rings. The van der Waals surface area contributed by atoms with Crippen LogP contribution in [0.25, 0.3) is 0 Å². The lowest BCUT2D eigenvalue weighted by Crippen LogP contribution is -2.20. The van der Waals surface area contributed by atoms with Crippen LogP contribution in [0.2, 0.25) is 0 Å². The molecule has 1 heterocycles. The number of amides is 1. The Morgan fingerprint density at radius 2 is 2.00 bits per heavy atom. The maximum absolute atomic E-state index is 12.6. The third kappa shape index (κ3) is 5.42. The fourth-order valence-corrected chi connectivity index (χ4v) is 3.18. The first kappa shape index (κ1) is 19.2. The summed E-state index contributed by atoms with van der Waals surface area (Å²) in [5.74, 6) is -0.242. The summed E-state index contributed by atoms with van der Waals surface area (Å²) in [6.45, 7) is 3.69. The zero-order valence-electron chi connectivity index (χ0n) is 13.8. The SMILES string of the molecule is CCC(CC)c1nnc(NC(=O)COc2cccc(C(F)(F)F)c2)s1. The number of alkyl halides is 3. The minimum absolute atomic E-state index is 0.0278. The van der Waals surface area contributed by atoms with Crippen LogP contribution in [0.3, 0.4) is 0 Å². The van der Waals surface area contributed by atoms with Crippen molar-refractivity contribution in [2.45, 2.75) is 38.8 Å². The monoisotopic (exact) mass is 373 g/mol. The average molecular weight is 373 g/mol. The fourth-order valence-electron chi connectivity index (χ4n) is 2.15. The summed E-state index contributed by atoms with van der Waals surface area (Å²) in [5.41, 5.74) is -0.829. The summed E-state index contributed by atoms with van der Waals surface area (Å²) in [6, 6.07) is 4.37. The first-order valence-electron chi connectivity index (χ1n) is 7.76. The molecule has 0 aliphatic carbocycles. The summed E-state index contributed by atoms with van der Waals surface area (Å²) < 4.78 is 43.0. The number of aromatic nitrogens is 2. The number of anilines is 1. The van der Waals surface area contributed by atoms with E-state index in [0.29, 0.717) is 11.0 Å². The zero-order chi connectivity index (χ0) is 18.4. The normalized spacial score (nSPS) is 11.6. The molecule has 136 valence electrons. The highest BCUT2D eigenvalue weighted by atomic mass is 32.1. The number of hydrogen-bond donors (Lipinski definition) is 1. The van der Waals surface area contributed by atoms with Crippen LogP contribution < -0.4 is 10.1 Å². The number of benzene rings is 1. The van der Waals surface area contributed by atoms with Crippen molar-refractivity contribution in [1.29, 1.82) is 0 Å². The second-order valence-electron chi connectivity index (χ2n) is 5.32. The Morgan fingerprint density at radius 3 is 2.64 bits per heavy atom. The lowest BCUT2D eigenvalue weighted by atomic mass is 10.1. The highest BCUT2D eigenvalue weighted by Gasteiger charge is 2.30. The maximum Gasteiger partial charge on any atom is 0.416 e. The van der Waals surface area contributed by atoms with Crippen molar-refractivity contribution in [1.82, 2.24) is 10.2 Å². The Kier molecular flexibility index (Phi) is 6.35. The molecule has 0 radical (unpaired) electrons. The molecule has 0 unspecified atom stereocenters. The van der Waals surface area contributed by atoms with Crippen LogP contribution >= 0.6 is 11.3 Å². The van der Waals surface area contributed by atoms with Crippen LogP contribution in [0.5, 0.6) is 5.75 Å². The number of hydrogen-bond acceptors (Lipinski definition) is 5. The number of nitrogens with one attached hydrogen (secondary N) is 1. The van der Waals surface area contributed by atoms with Crippen molar-refractivity contribution >= 4 is 22.4 Å². The van der Waals surface area contributed by atoms with Crippen LogP contribution in [-0.4, -0.2) is 22.7 Å². The predicted octanol–water partition coefficient (Wildman–Crippen LogP) is 4.48. The Hall–Kier alpha value is -2.16. The molecule has 1 N–H and O–H groups in total. The molecule has 1 amide bonds. The molecule has 2 aromatic rings. The summed E-state index contributed by atoms with van der Waals surface area (Å²) in [6.07, 6.45) is -2.60. The van der Waals surface area contributed by atoms with Gasteiger partial charge in [0, 0.05) is 5.92 Å². The third-order valence-corrected chi connectivity index (χ3v) is 4.55. The van der Waals surface area contributed by atoms with E-state index < -0.39 is 24.3 Å². The molecule has 5 nitrogen and oxygen atoms in total. The van der Waals surface area contributed by atoms with Crippen LogP contribution in [0.1, 0.15) is 43.2 Å². The predicted molar refractivity (Wildman–Crippen MR) is 88.8 cm³/mol. The molecule has 9 heteroatoms. The maximum atomic E-state index is 12.6. The van der Waals surface area contributed by atoms with Crippen LogP contribution in [0, 0.1) is 0 Å². The van der Waals surface area contributed by atoms with E-state index in [1.54, 1.807) is 0 Å². The Labute approximate surface area is 147 Å². The van der Waals surface area contributed by atoms with Crippen molar-refractivity contribution < 1.29 is 22.7 Å². The van der Waals surface area contributed by atoms with E-state index in [1.165, 1.54) is 23.5 Å². The largest absolute Gasteiger partial charge is 0.484 e. The summed E-state index contributed by atoms with van der Waals surface area (Å²) in [4.78, 5) is 11.9. The molecule has 0 bridgehead atoms. The van der Waals surface area contributed by atoms with Gasteiger partial charge in [0.1, 0.15) is 10.8 Å². The van der Waals surface area contributed by atoms with Gasteiger partial charge in [0.15, 0.2) is 6.61 Å². The van der Waals surface area contributed by atoms with Gasteiger partial charge in [-0.2, -0.15) is 13.2 Å². The molecule has 0 atom stereocenters. The van der Waals surface area contributed by atoms with E-state index in [0.717, 1.165) is 30.0 Å². The second-order valence-corrected chi connectivity index (χ2v) is 6.33. The first-order valence-corrected chi connectivity index (χ1v) is 8.58. The van der Waals surface area contributed by atoms with Gasteiger partial charge in [-0.05, 0) is 31.0 Å². The van der Waals surface area contributed by atoms with Crippen LogP contribution in [0.4, 0.5) is 18.3 Å². The van der Waals surface area contributed by atoms with Gasteiger partial charge in [-0.1, -0.05) is 31.3 Å². The quantitative estimate of drug-likeness (QED) is 0.777.